The zero-order chi connectivity index (χ0) is 18.1. The molecule has 0 aliphatic heterocycles. The van der Waals surface area contributed by atoms with E-state index in [1.807, 2.05) is 0 Å². The highest BCUT2D eigenvalue weighted by Crippen LogP contribution is 2.27. The molecule has 0 saturated carbocycles. The highest BCUT2D eigenvalue weighted by atomic mass is 19.4. The van der Waals surface area contributed by atoms with Gasteiger partial charge in [-0.1, -0.05) is 24.4 Å². The van der Waals surface area contributed by atoms with E-state index >= 15 is 0 Å². The van der Waals surface area contributed by atoms with E-state index in [-0.39, 0.29) is 11.7 Å². The van der Waals surface area contributed by atoms with Crippen LogP contribution in [0, 0.1) is 0 Å². The maximum absolute atomic E-state index is 12.3. The van der Waals surface area contributed by atoms with Crippen LogP contribution < -0.4 is 5.32 Å². The molecule has 0 radical (unpaired) electrons. The first-order chi connectivity index (χ1) is 11.9. The molecule has 0 aliphatic carbocycles. The van der Waals surface area contributed by atoms with Gasteiger partial charge < -0.3 is 9.84 Å². The largest absolute Gasteiger partial charge is 0.471 e. The van der Waals surface area contributed by atoms with Crippen LogP contribution in [0.3, 0.4) is 0 Å². The molecule has 0 unspecified atom stereocenters. The summed E-state index contributed by atoms with van der Waals surface area (Å²) in [5.74, 6) is -1.29. The van der Waals surface area contributed by atoms with Crippen molar-refractivity contribution in [2.24, 2.45) is 0 Å². The van der Waals surface area contributed by atoms with Crippen molar-refractivity contribution in [3.63, 3.8) is 0 Å². The Bertz CT molecular complexity index is 659. The highest BCUT2D eigenvalue weighted by Gasteiger charge is 2.38. The van der Waals surface area contributed by atoms with Gasteiger partial charge in [-0.3, -0.25) is 9.78 Å². The Hall–Kier alpha value is -2.45. The van der Waals surface area contributed by atoms with Crippen LogP contribution in [0.15, 0.2) is 29.0 Å². The highest BCUT2D eigenvalue weighted by molar-refractivity contribution is 5.90. The number of nitrogens with zero attached hydrogens (tertiary/aromatic N) is 3. The summed E-state index contributed by atoms with van der Waals surface area (Å²) in [6.45, 7) is 0. The molecule has 2 aromatic rings. The third kappa shape index (κ3) is 6.90. The molecule has 1 amide bonds. The maximum atomic E-state index is 12.3. The molecule has 0 spiro atoms. The van der Waals surface area contributed by atoms with Crippen LogP contribution >= 0.6 is 0 Å². The van der Waals surface area contributed by atoms with Gasteiger partial charge in [0.2, 0.25) is 5.91 Å². The molecule has 2 heterocycles. The molecule has 25 heavy (non-hydrogen) atoms. The van der Waals surface area contributed by atoms with Gasteiger partial charge in [0.15, 0.2) is 5.82 Å². The lowest BCUT2D eigenvalue weighted by atomic mass is 10.1. The number of halogens is 3. The normalized spacial score (nSPS) is 11.5. The number of unbranched alkanes of at least 4 members (excludes halogenated alkanes) is 4. The Morgan fingerprint density at radius 1 is 1.16 bits per heavy atom. The molecule has 9 heteroatoms. The molecule has 1 N–H and O–H groups in total. The number of aryl methyl sites for hydroxylation is 1. The van der Waals surface area contributed by atoms with E-state index in [1.54, 1.807) is 24.5 Å². The fourth-order valence-electron chi connectivity index (χ4n) is 2.23. The van der Waals surface area contributed by atoms with Gasteiger partial charge in [0.25, 0.3) is 0 Å². The van der Waals surface area contributed by atoms with Crippen LogP contribution in [0.4, 0.5) is 18.9 Å². The fourth-order valence-corrected chi connectivity index (χ4v) is 2.23. The number of carbonyl (C=O) groups excluding carboxylic acids is 1. The van der Waals surface area contributed by atoms with Crippen molar-refractivity contribution in [2.75, 3.05) is 5.32 Å². The van der Waals surface area contributed by atoms with Crippen LogP contribution in [0.5, 0.6) is 0 Å². The molecular weight excluding hydrogens is 337 g/mol. The molecule has 0 saturated heterocycles. The molecule has 2 aromatic heterocycles. The van der Waals surface area contributed by atoms with Gasteiger partial charge in [-0.05, 0) is 25.0 Å². The lowest BCUT2D eigenvalue weighted by Gasteiger charge is -2.04. The number of amides is 1. The van der Waals surface area contributed by atoms with Gasteiger partial charge in [-0.2, -0.15) is 18.2 Å². The number of nitrogens with one attached hydrogen (secondary N) is 1. The van der Waals surface area contributed by atoms with Gasteiger partial charge >= 0.3 is 12.1 Å². The number of pyridine rings is 1. The van der Waals surface area contributed by atoms with Crippen LogP contribution in [0.2, 0.25) is 0 Å². The van der Waals surface area contributed by atoms with Crippen molar-refractivity contribution in [2.45, 2.75) is 51.1 Å². The first kappa shape index (κ1) is 18.9. The van der Waals surface area contributed by atoms with Crippen molar-refractivity contribution in [1.29, 1.82) is 0 Å². The predicted octanol–water partition coefficient (Wildman–Crippen LogP) is 4.01. The summed E-state index contributed by atoms with van der Waals surface area (Å²) >= 11 is 0. The van der Waals surface area contributed by atoms with Crippen molar-refractivity contribution in [1.82, 2.24) is 15.1 Å². The molecular formula is C16H19F3N4O2. The topological polar surface area (TPSA) is 80.9 Å². The minimum Gasteiger partial charge on any atom is -0.329 e. The van der Waals surface area contributed by atoms with Crippen molar-refractivity contribution in [3.8, 4) is 0 Å². The summed E-state index contributed by atoms with van der Waals surface area (Å²) in [4.78, 5) is 18.9. The van der Waals surface area contributed by atoms with E-state index in [0.29, 0.717) is 24.9 Å². The fraction of sp³-hybridized carbons (Fsp3) is 0.500. The second-order valence-corrected chi connectivity index (χ2v) is 5.57. The number of carbonyl (C=O) groups is 1. The lowest BCUT2D eigenvalue weighted by molar-refractivity contribution is -0.159. The Labute approximate surface area is 142 Å². The molecule has 0 aromatic carbocycles. The van der Waals surface area contributed by atoms with E-state index < -0.39 is 12.1 Å². The van der Waals surface area contributed by atoms with Crippen molar-refractivity contribution in [3.05, 3.63) is 36.2 Å². The SMILES string of the molecule is O=C(CCCCCCCc1noc(C(F)(F)F)n1)Nc1cccnc1. The van der Waals surface area contributed by atoms with E-state index in [0.717, 1.165) is 25.7 Å². The minimum absolute atomic E-state index is 0.0560. The van der Waals surface area contributed by atoms with Gasteiger partial charge in [-0.15, -0.1) is 0 Å². The molecule has 0 atom stereocenters. The Kier molecular flexibility index (Phi) is 6.91. The van der Waals surface area contributed by atoms with Gasteiger partial charge in [0.05, 0.1) is 11.9 Å². The van der Waals surface area contributed by atoms with Crippen molar-refractivity contribution < 1.29 is 22.5 Å². The maximum Gasteiger partial charge on any atom is 0.471 e. The second-order valence-electron chi connectivity index (χ2n) is 5.57. The number of rotatable bonds is 9. The van der Waals surface area contributed by atoms with E-state index in [1.165, 1.54) is 0 Å². The predicted molar refractivity (Wildman–Crippen MR) is 83.6 cm³/mol. The number of aromatic nitrogens is 3. The summed E-state index contributed by atoms with van der Waals surface area (Å²) in [6.07, 6.45) is 3.43. The lowest BCUT2D eigenvalue weighted by Crippen LogP contribution is -2.11. The minimum atomic E-state index is -4.60. The monoisotopic (exact) mass is 356 g/mol. The van der Waals surface area contributed by atoms with Crippen LogP contribution in [-0.2, 0) is 17.4 Å². The summed E-state index contributed by atoms with van der Waals surface area (Å²) in [5.41, 5.74) is 0.672. The molecule has 0 bridgehead atoms. The van der Waals surface area contributed by atoms with Gasteiger partial charge in [0, 0.05) is 19.0 Å². The Morgan fingerprint density at radius 2 is 1.92 bits per heavy atom. The summed E-state index contributed by atoms with van der Waals surface area (Å²) in [5, 5.41) is 6.08. The van der Waals surface area contributed by atoms with Crippen LogP contribution in [-0.4, -0.2) is 21.0 Å². The molecule has 0 aliphatic rings. The van der Waals surface area contributed by atoms with E-state index in [2.05, 4.69) is 25.0 Å². The van der Waals surface area contributed by atoms with Gasteiger partial charge in [-0.25, -0.2) is 0 Å². The molecule has 2 rings (SSSR count). The summed E-state index contributed by atoms with van der Waals surface area (Å²) in [7, 11) is 0. The summed E-state index contributed by atoms with van der Waals surface area (Å²) in [6, 6.07) is 3.52. The number of anilines is 1. The average Bonchev–Trinajstić information content (AvgIpc) is 3.04. The van der Waals surface area contributed by atoms with Crippen LogP contribution in [0.1, 0.15) is 50.2 Å². The molecule has 136 valence electrons. The Morgan fingerprint density at radius 3 is 2.60 bits per heavy atom. The number of alkyl halides is 3. The smallest absolute Gasteiger partial charge is 0.329 e. The first-order valence-electron chi connectivity index (χ1n) is 8.05. The third-order valence-corrected chi connectivity index (χ3v) is 3.46. The standard InChI is InChI=1S/C16H19F3N4O2/c17-16(18,19)15-22-13(23-25-15)8-4-2-1-3-5-9-14(24)21-12-7-6-10-20-11-12/h6-7,10-11H,1-5,8-9H2,(H,21,24). The van der Waals surface area contributed by atoms with E-state index in [9.17, 15) is 18.0 Å². The quantitative estimate of drug-likeness (QED) is 0.687. The van der Waals surface area contributed by atoms with Crippen molar-refractivity contribution >= 4 is 11.6 Å². The average molecular weight is 356 g/mol. The number of hydrogen-bond donors (Lipinski definition) is 1. The van der Waals surface area contributed by atoms with E-state index in [4.69, 9.17) is 0 Å². The Balaban J connectivity index is 1.52. The zero-order valence-electron chi connectivity index (χ0n) is 13.6. The summed E-state index contributed by atoms with van der Waals surface area (Å²) < 4.78 is 41.1. The zero-order valence-corrected chi connectivity index (χ0v) is 13.6. The first-order valence-corrected chi connectivity index (χ1v) is 8.05. The molecule has 0 fully saturated rings. The molecule has 6 nitrogen and oxygen atoms in total. The number of hydrogen-bond acceptors (Lipinski definition) is 5. The third-order valence-electron chi connectivity index (χ3n) is 3.46. The second kappa shape index (κ2) is 9.14. The van der Waals surface area contributed by atoms with Gasteiger partial charge in [0.1, 0.15) is 0 Å². The van der Waals surface area contributed by atoms with Crippen LogP contribution in [0.25, 0.3) is 0 Å².